The molecule has 2 aliphatic heterocycles. The van der Waals surface area contributed by atoms with E-state index in [4.69, 9.17) is 9.47 Å². The molecule has 0 aromatic heterocycles. The van der Waals surface area contributed by atoms with Crippen molar-refractivity contribution in [2.75, 3.05) is 39.4 Å². The molecule has 2 aromatic rings. The minimum Gasteiger partial charge on any atom is -0.484 e. The fourth-order valence-corrected chi connectivity index (χ4v) is 4.15. The van der Waals surface area contributed by atoms with Crippen LogP contribution in [0.3, 0.4) is 0 Å². The van der Waals surface area contributed by atoms with Crippen LogP contribution < -0.4 is 4.74 Å². The molecule has 0 N–H and O–H groups in total. The fourth-order valence-electron chi connectivity index (χ4n) is 4.15. The van der Waals surface area contributed by atoms with Crippen LogP contribution in [-0.4, -0.2) is 66.6 Å². The van der Waals surface area contributed by atoms with Gasteiger partial charge >= 0.3 is 0 Å². The molecule has 0 bridgehead atoms. The van der Waals surface area contributed by atoms with Crippen LogP contribution in [0.15, 0.2) is 60.7 Å². The van der Waals surface area contributed by atoms with E-state index in [1.165, 1.54) is 5.56 Å². The lowest BCUT2D eigenvalue weighted by Crippen LogP contribution is -2.61. The molecular formula is C24H28N2O4. The largest absolute Gasteiger partial charge is 0.484 e. The molecule has 6 nitrogen and oxygen atoms in total. The second-order valence-corrected chi connectivity index (χ2v) is 7.85. The van der Waals surface area contributed by atoms with Crippen LogP contribution in [-0.2, 0) is 20.7 Å². The first-order valence-electron chi connectivity index (χ1n) is 10.6. The molecule has 2 heterocycles. The number of hydrogen-bond acceptors (Lipinski definition) is 4. The van der Waals surface area contributed by atoms with Crippen molar-refractivity contribution in [2.24, 2.45) is 0 Å². The normalized spacial score (nSPS) is 18.5. The van der Waals surface area contributed by atoms with Crippen molar-refractivity contribution < 1.29 is 19.1 Å². The summed E-state index contributed by atoms with van der Waals surface area (Å²) in [5, 5.41) is 0. The molecule has 0 aliphatic carbocycles. The Hall–Kier alpha value is -2.86. The summed E-state index contributed by atoms with van der Waals surface area (Å²) in [7, 11) is 0. The van der Waals surface area contributed by atoms with Crippen LogP contribution in [0.25, 0.3) is 0 Å². The van der Waals surface area contributed by atoms with E-state index in [1.807, 2.05) is 53.4 Å². The highest BCUT2D eigenvalue weighted by molar-refractivity contribution is 5.86. The van der Waals surface area contributed by atoms with E-state index in [1.54, 1.807) is 4.90 Å². The topological polar surface area (TPSA) is 59.1 Å². The predicted octanol–water partition coefficient (Wildman–Crippen LogP) is 2.53. The van der Waals surface area contributed by atoms with Crippen LogP contribution in [0.4, 0.5) is 0 Å². The van der Waals surface area contributed by atoms with Crippen LogP contribution in [0, 0.1) is 0 Å². The standard InChI is InChI=1S/C24H28N2O4/c27-22(19-29-21-9-5-2-6-10-21)25-15-12-24(13-16-25)23(28)26(17-18-30-24)14-11-20-7-3-1-4-8-20/h1-10H,11-19H2. The van der Waals surface area contributed by atoms with E-state index in [2.05, 4.69) is 12.1 Å². The smallest absolute Gasteiger partial charge is 0.260 e. The Bertz CT molecular complexity index is 848. The molecule has 0 atom stereocenters. The third kappa shape index (κ3) is 4.65. The highest BCUT2D eigenvalue weighted by atomic mass is 16.5. The van der Waals surface area contributed by atoms with E-state index >= 15 is 0 Å². The van der Waals surface area contributed by atoms with Crippen LogP contribution >= 0.6 is 0 Å². The summed E-state index contributed by atoms with van der Waals surface area (Å²) in [6.45, 7) is 2.90. The molecule has 2 aromatic carbocycles. The Morgan fingerprint density at radius 2 is 1.63 bits per heavy atom. The predicted molar refractivity (Wildman–Crippen MR) is 113 cm³/mol. The van der Waals surface area contributed by atoms with Crippen molar-refractivity contribution in [3.05, 3.63) is 66.2 Å². The first-order valence-corrected chi connectivity index (χ1v) is 10.6. The van der Waals surface area contributed by atoms with E-state index < -0.39 is 5.60 Å². The minimum atomic E-state index is -0.786. The monoisotopic (exact) mass is 408 g/mol. The van der Waals surface area contributed by atoms with Gasteiger partial charge in [-0.3, -0.25) is 9.59 Å². The highest BCUT2D eigenvalue weighted by Gasteiger charge is 2.47. The average molecular weight is 408 g/mol. The van der Waals surface area contributed by atoms with Crippen LogP contribution in [0.2, 0.25) is 0 Å². The van der Waals surface area contributed by atoms with Gasteiger partial charge in [-0.05, 0) is 24.1 Å². The van der Waals surface area contributed by atoms with Gasteiger partial charge in [0.25, 0.3) is 11.8 Å². The minimum absolute atomic E-state index is 0.00895. The number of benzene rings is 2. The van der Waals surface area contributed by atoms with Gasteiger partial charge in [0.2, 0.25) is 0 Å². The molecule has 4 rings (SSSR count). The summed E-state index contributed by atoms with van der Waals surface area (Å²) < 4.78 is 11.6. The second-order valence-electron chi connectivity index (χ2n) is 7.85. The first kappa shape index (κ1) is 20.4. The van der Waals surface area contributed by atoms with E-state index in [9.17, 15) is 9.59 Å². The van der Waals surface area contributed by atoms with E-state index in [-0.39, 0.29) is 18.4 Å². The molecule has 30 heavy (non-hydrogen) atoms. The number of nitrogens with zero attached hydrogens (tertiary/aromatic N) is 2. The Balaban J connectivity index is 1.29. The molecule has 2 aliphatic rings. The average Bonchev–Trinajstić information content (AvgIpc) is 2.80. The summed E-state index contributed by atoms with van der Waals surface area (Å²) >= 11 is 0. The number of morpholine rings is 1. The molecule has 0 unspecified atom stereocenters. The molecular weight excluding hydrogens is 380 g/mol. The van der Waals surface area contributed by atoms with Crippen LogP contribution in [0.5, 0.6) is 5.75 Å². The van der Waals surface area contributed by atoms with Crippen molar-refractivity contribution in [3.63, 3.8) is 0 Å². The number of ether oxygens (including phenoxy) is 2. The number of rotatable bonds is 6. The van der Waals surface area contributed by atoms with Crippen molar-refractivity contribution in [3.8, 4) is 5.75 Å². The lowest BCUT2D eigenvalue weighted by atomic mass is 9.88. The van der Waals surface area contributed by atoms with Gasteiger partial charge in [0, 0.05) is 39.0 Å². The van der Waals surface area contributed by atoms with Gasteiger partial charge in [-0.15, -0.1) is 0 Å². The maximum absolute atomic E-state index is 13.2. The number of piperidine rings is 1. The summed E-state index contributed by atoms with van der Waals surface area (Å²) in [4.78, 5) is 29.4. The van der Waals surface area contributed by atoms with E-state index in [0.29, 0.717) is 51.4 Å². The van der Waals surface area contributed by atoms with Gasteiger partial charge in [0.05, 0.1) is 6.61 Å². The number of carbonyl (C=O) groups excluding carboxylic acids is 2. The first-order chi connectivity index (χ1) is 14.7. The number of amides is 2. The number of para-hydroxylation sites is 1. The Morgan fingerprint density at radius 1 is 0.967 bits per heavy atom. The highest BCUT2D eigenvalue weighted by Crippen LogP contribution is 2.31. The Labute approximate surface area is 177 Å². The zero-order valence-corrected chi connectivity index (χ0v) is 17.2. The summed E-state index contributed by atoms with van der Waals surface area (Å²) in [6.07, 6.45) is 1.90. The molecule has 1 spiro atoms. The second kappa shape index (κ2) is 9.30. The molecule has 0 radical (unpaired) electrons. The van der Waals surface area contributed by atoms with Gasteiger partial charge in [-0.2, -0.15) is 0 Å². The zero-order valence-electron chi connectivity index (χ0n) is 17.2. The van der Waals surface area contributed by atoms with Gasteiger partial charge in [0.15, 0.2) is 6.61 Å². The summed E-state index contributed by atoms with van der Waals surface area (Å²) in [5.74, 6) is 0.689. The van der Waals surface area contributed by atoms with Crippen molar-refractivity contribution in [2.45, 2.75) is 24.9 Å². The number of hydrogen-bond donors (Lipinski definition) is 0. The number of carbonyl (C=O) groups is 2. The lowest BCUT2D eigenvalue weighted by molar-refractivity contribution is -0.181. The molecule has 158 valence electrons. The summed E-state index contributed by atoms with van der Waals surface area (Å²) in [5.41, 5.74) is 0.441. The summed E-state index contributed by atoms with van der Waals surface area (Å²) in [6, 6.07) is 19.5. The quantitative estimate of drug-likeness (QED) is 0.737. The van der Waals surface area contributed by atoms with Gasteiger partial charge in [-0.1, -0.05) is 48.5 Å². The van der Waals surface area contributed by atoms with Gasteiger partial charge in [0.1, 0.15) is 11.4 Å². The molecule has 2 fully saturated rings. The molecule has 2 saturated heterocycles. The Morgan fingerprint density at radius 3 is 2.33 bits per heavy atom. The number of likely N-dealkylation sites (tertiary alicyclic amines) is 1. The molecule has 2 amide bonds. The van der Waals surface area contributed by atoms with Gasteiger partial charge in [-0.25, -0.2) is 0 Å². The Kier molecular flexibility index (Phi) is 6.33. The van der Waals surface area contributed by atoms with Crippen LogP contribution in [0.1, 0.15) is 18.4 Å². The van der Waals surface area contributed by atoms with Crippen molar-refractivity contribution in [1.82, 2.24) is 9.80 Å². The third-order valence-electron chi connectivity index (χ3n) is 5.96. The molecule has 6 heteroatoms. The van der Waals surface area contributed by atoms with Crippen molar-refractivity contribution >= 4 is 11.8 Å². The molecule has 0 saturated carbocycles. The zero-order chi connectivity index (χ0) is 20.8. The SMILES string of the molecule is O=C(COc1ccccc1)N1CCC2(CC1)OCCN(CCc1ccccc1)C2=O. The maximum Gasteiger partial charge on any atom is 0.260 e. The maximum atomic E-state index is 13.2. The fraction of sp³-hybridized carbons (Fsp3) is 0.417. The third-order valence-corrected chi connectivity index (χ3v) is 5.96. The van der Waals surface area contributed by atoms with E-state index in [0.717, 1.165) is 6.42 Å². The van der Waals surface area contributed by atoms with Gasteiger partial charge < -0.3 is 19.3 Å². The lowest BCUT2D eigenvalue weighted by Gasteiger charge is -2.46. The van der Waals surface area contributed by atoms with Crippen molar-refractivity contribution in [1.29, 1.82) is 0 Å².